The second-order valence-corrected chi connectivity index (χ2v) is 5.94. The van der Waals surface area contributed by atoms with Crippen molar-refractivity contribution in [2.24, 2.45) is 0 Å². The molecule has 5 heteroatoms. The SMILES string of the molecule is CC(C)(O)CN1CCN(c2cc(F)cc(C=O)c2)CC1. The number of β-amino-alcohol motifs (C(OH)–C–C–N with tert-alkyl or cyclic N) is 1. The van der Waals surface area contributed by atoms with Crippen molar-refractivity contribution in [3.63, 3.8) is 0 Å². The molecule has 0 unspecified atom stereocenters. The number of carbonyl (C=O) groups is 1. The Hall–Kier alpha value is -1.46. The maximum absolute atomic E-state index is 13.4. The molecule has 0 spiro atoms. The largest absolute Gasteiger partial charge is 0.389 e. The summed E-state index contributed by atoms with van der Waals surface area (Å²) in [6.07, 6.45) is 0.664. The Labute approximate surface area is 118 Å². The molecule has 4 nitrogen and oxygen atoms in total. The molecule has 0 aliphatic carbocycles. The third kappa shape index (κ3) is 4.02. The molecule has 1 aromatic rings. The zero-order valence-corrected chi connectivity index (χ0v) is 12.0. The van der Waals surface area contributed by atoms with E-state index in [1.165, 1.54) is 12.1 Å². The number of aldehydes is 1. The molecule has 0 amide bonds. The molecule has 1 aliphatic rings. The zero-order chi connectivity index (χ0) is 14.8. The van der Waals surface area contributed by atoms with Crippen LogP contribution in [0.5, 0.6) is 0 Å². The van der Waals surface area contributed by atoms with Crippen molar-refractivity contribution < 1.29 is 14.3 Å². The highest BCUT2D eigenvalue weighted by Crippen LogP contribution is 2.20. The van der Waals surface area contributed by atoms with Gasteiger partial charge in [0.05, 0.1) is 5.60 Å². The van der Waals surface area contributed by atoms with E-state index >= 15 is 0 Å². The highest BCUT2D eigenvalue weighted by atomic mass is 19.1. The third-order valence-corrected chi connectivity index (χ3v) is 3.39. The monoisotopic (exact) mass is 280 g/mol. The van der Waals surface area contributed by atoms with Gasteiger partial charge in [-0.3, -0.25) is 9.69 Å². The highest BCUT2D eigenvalue weighted by Gasteiger charge is 2.23. The van der Waals surface area contributed by atoms with Crippen molar-refractivity contribution >= 4 is 12.0 Å². The van der Waals surface area contributed by atoms with Gasteiger partial charge in [0.15, 0.2) is 0 Å². The summed E-state index contributed by atoms with van der Waals surface area (Å²) in [6, 6.07) is 4.40. The molecular formula is C15H21FN2O2. The average Bonchev–Trinajstić information content (AvgIpc) is 2.37. The molecule has 0 bridgehead atoms. The Morgan fingerprint density at radius 1 is 1.25 bits per heavy atom. The van der Waals surface area contributed by atoms with Crippen molar-refractivity contribution in [2.75, 3.05) is 37.6 Å². The number of piperazine rings is 1. The maximum atomic E-state index is 13.4. The summed E-state index contributed by atoms with van der Waals surface area (Å²) in [5.41, 5.74) is 0.403. The molecule has 0 atom stereocenters. The van der Waals surface area contributed by atoms with Gasteiger partial charge in [0.2, 0.25) is 0 Å². The van der Waals surface area contributed by atoms with E-state index in [2.05, 4.69) is 9.80 Å². The molecule has 2 rings (SSSR count). The second kappa shape index (κ2) is 5.89. The van der Waals surface area contributed by atoms with Gasteiger partial charge in [-0.1, -0.05) is 0 Å². The standard InChI is InChI=1S/C15H21FN2O2/c1-15(2,20)11-17-3-5-18(6-4-17)14-8-12(10-19)7-13(16)9-14/h7-10,20H,3-6,11H2,1-2H3. The zero-order valence-electron chi connectivity index (χ0n) is 12.0. The molecule has 1 heterocycles. The first-order valence-corrected chi connectivity index (χ1v) is 6.83. The van der Waals surface area contributed by atoms with E-state index in [1.807, 2.05) is 0 Å². The number of anilines is 1. The lowest BCUT2D eigenvalue weighted by Crippen LogP contribution is -2.50. The first kappa shape index (κ1) is 14.9. The normalized spacial score (nSPS) is 17.3. The number of halogens is 1. The van der Waals surface area contributed by atoms with E-state index in [9.17, 15) is 14.3 Å². The lowest BCUT2D eigenvalue weighted by Gasteiger charge is -2.38. The summed E-state index contributed by atoms with van der Waals surface area (Å²) in [5.74, 6) is -0.386. The van der Waals surface area contributed by atoms with Crippen molar-refractivity contribution in [3.05, 3.63) is 29.6 Å². The van der Waals surface area contributed by atoms with E-state index < -0.39 is 5.60 Å². The number of rotatable bonds is 4. The Kier molecular flexibility index (Phi) is 4.40. The lowest BCUT2D eigenvalue weighted by molar-refractivity contribution is 0.0345. The van der Waals surface area contributed by atoms with Crippen molar-refractivity contribution in [1.29, 1.82) is 0 Å². The van der Waals surface area contributed by atoms with Gasteiger partial charge in [0.1, 0.15) is 12.1 Å². The number of carbonyl (C=O) groups excluding carboxylic acids is 1. The molecule has 1 aliphatic heterocycles. The number of aliphatic hydroxyl groups is 1. The van der Waals surface area contributed by atoms with Crippen molar-refractivity contribution in [3.8, 4) is 0 Å². The first-order valence-electron chi connectivity index (χ1n) is 6.83. The predicted molar refractivity (Wildman–Crippen MR) is 76.7 cm³/mol. The van der Waals surface area contributed by atoms with E-state index in [4.69, 9.17) is 0 Å². The number of hydrogen-bond donors (Lipinski definition) is 1. The number of nitrogens with zero attached hydrogens (tertiary/aromatic N) is 2. The number of hydrogen-bond acceptors (Lipinski definition) is 4. The van der Waals surface area contributed by atoms with Gasteiger partial charge in [0.25, 0.3) is 0 Å². The van der Waals surface area contributed by atoms with E-state index in [0.29, 0.717) is 18.4 Å². The third-order valence-electron chi connectivity index (χ3n) is 3.39. The van der Waals surface area contributed by atoms with Crippen molar-refractivity contribution in [1.82, 2.24) is 4.90 Å². The van der Waals surface area contributed by atoms with Gasteiger partial charge >= 0.3 is 0 Å². The maximum Gasteiger partial charge on any atom is 0.150 e. The van der Waals surface area contributed by atoms with Crippen LogP contribution in [0.4, 0.5) is 10.1 Å². The van der Waals surface area contributed by atoms with Crippen LogP contribution in [0.25, 0.3) is 0 Å². The van der Waals surface area contributed by atoms with Crippen LogP contribution in [0.2, 0.25) is 0 Å². The van der Waals surface area contributed by atoms with Crippen LogP contribution in [-0.2, 0) is 0 Å². The van der Waals surface area contributed by atoms with Gasteiger partial charge in [-0.05, 0) is 32.0 Å². The smallest absolute Gasteiger partial charge is 0.150 e. The quantitative estimate of drug-likeness (QED) is 0.850. The molecule has 1 saturated heterocycles. The van der Waals surface area contributed by atoms with Crippen LogP contribution >= 0.6 is 0 Å². The van der Waals surface area contributed by atoms with Gasteiger partial charge in [-0.15, -0.1) is 0 Å². The minimum Gasteiger partial charge on any atom is -0.389 e. The lowest BCUT2D eigenvalue weighted by atomic mass is 10.1. The second-order valence-electron chi connectivity index (χ2n) is 5.94. The van der Waals surface area contributed by atoms with Crippen LogP contribution in [0.15, 0.2) is 18.2 Å². The minimum atomic E-state index is -0.703. The Morgan fingerprint density at radius 3 is 2.45 bits per heavy atom. The van der Waals surface area contributed by atoms with Gasteiger partial charge < -0.3 is 10.0 Å². The van der Waals surface area contributed by atoms with Crippen LogP contribution < -0.4 is 4.90 Å². The first-order chi connectivity index (χ1) is 9.37. The molecule has 1 aromatic carbocycles. The van der Waals surface area contributed by atoms with Crippen LogP contribution in [0.1, 0.15) is 24.2 Å². The van der Waals surface area contributed by atoms with Crippen LogP contribution in [-0.4, -0.2) is 54.6 Å². The fourth-order valence-electron chi connectivity index (χ4n) is 2.56. The average molecular weight is 280 g/mol. The van der Waals surface area contributed by atoms with Gasteiger partial charge in [-0.25, -0.2) is 4.39 Å². The molecule has 1 N–H and O–H groups in total. The molecule has 110 valence electrons. The van der Waals surface area contributed by atoms with E-state index in [0.717, 1.165) is 31.9 Å². The fourth-order valence-corrected chi connectivity index (χ4v) is 2.56. The topological polar surface area (TPSA) is 43.8 Å². The molecule has 1 fully saturated rings. The summed E-state index contributed by atoms with van der Waals surface area (Å²) >= 11 is 0. The number of benzene rings is 1. The van der Waals surface area contributed by atoms with Gasteiger partial charge in [0, 0.05) is 44.0 Å². The highest BCUT2D eigenvalue weighted by molar-refractivity contribution is 5.77. The summed E-state index contributed by atoms with van der Waals surface area (Å²) in [5, 5.41) is 9.81. The molecular weight excluding hydrogens is 259 g/mol. The summed E-state index contributed by atoms with van der Waals surface area (Å²) in [7, 11) is 0. The molecule has 20 heavy (non-hydrogen) atoms. The van der Waals surface area contributed by atoms with E-state index in [-0.39, 0.29) is 5.82 Å². The predicted octanol–water partition coefficient (Wildman–Crippen LogP) is 1.53. The Morgan fingerprint density at radius 2 is 1.90 bits per heavy atom. The Balaban J connectivity index is 2.00. The van der Waals surface area contributed by atoms with Crippen LogP contribution in [0, 0.1) is 5.82 Å². The molecule has 0 radical (unpaired) electrons. The molecule has 0 saturated carbocycles. The fraction of sp³-hybridized carbons (Fsp3) is 0.533. The van der Waals surface area contributed by atoms with E-state index in [1.54, 1.807) is 19.9 Å². The molecule has 0 aromatic heterocycles. The van der Waals surface area contributed by atoms with Crippen molar-refractivity contribution in [2.45, 2.75) is 19.4 Å². The van der Waals surface area contributed by atoms with Crippen LogP contribution in [0.3, 0.4) is 0 Å². The Bertz CT molecular complexity index is 477. The van der Waals surface area contributed by atoms with Gasteiger partial charge in [-0.2, -0.15) is 0 Å². The summed E-state index contributed by atoms with van der Waals surface area (Å²) < 4.78 is 13.4. The summed E-state index contributed by atoms with van der Waals surface area (Å²) in [6.45, 7) is 7.37. The minimum absolute atomic E-state index is 0.360. The summed E-state index contributed by atoms with van der Waals surface area (Å²) in [4.78, 5) is 15.0.